The quantitative estimate of drug-likeness (QED) is 0.579. The van der Waals surface area contributed by atoms with Crippen molar-refractivity contribution < 1.29 is 29.6 Å². The van der Waals surface area contributed by atoms with E-state index in [9.17, 15) is 15.0 Å². The number of Topliss-reactive ketones (excluding diaryl/α,β-unsaturated/α-hetero) is 1. The molecule has 136 valence electrons. The van der Waals surface area contributed by atoms with Crippen LogP contribution in [0.1, 0.15) is 53.4 Å². The molecule has 1 rings (SSSR count). The molecule has 0 aliphatic carbocycles. The molecular weight excluding hydrogens is 300 g/mol. The topological polar surface area (TPSA) is 96.2 Å². The van der Waals surface area contributed by atoms with Gasteiger partial charge in [0.15, 0.2) is 6.29 Å². The van der Waals surface area contributed by atoms with Gasteiger partial charge in [0.25, 0.3) is 0 Å². The lowest BCUT2D eigenvalue weighted by Gasteiger charge is -2.40. The number of aliphatic hydroxyl groups excluding tert-OH is 3. The monoisotopic (exact) mass is 332 g/mol. The second kappa shape index (κ2) is 9.08. The van der Waals surface area contributed by atoms with Gasteiger partial charge in [-0.05, 0) is 12.8 Å². The summed E-state index contributed by atoms with van der Waals surface area (Å²) in [7, 11) is 0. The minimum atomic E-state index is -1.10. The van der Waals surface area contributed by atoms with Gasteiger partial charge in [-0.25, -0.2) is 0 Å². The Bertz CT molecular complexity index is 363. The molecule has 0 aromatic carbocycles. The van der Waals surface area contributed by atoms with Gasteiger partial charge in [0.1, 0.15) is 18.0 Å². The number of hydrogen-bond acceptors (Lipinski definition) is 6. The maximum Gasteiger partial charge on any atom is 0.163 e. The van der Waals surface area contributed by atoms with Gasteiger partial charge < -0.3 is 24.8 Å². The van der Waals surface area contributed by atoms with Crippen LogP contribution in [-0.4, -0.2) is 58.9 Å². The number of carbonyl (C=O) groups excluding carboxylic acids is 1. The molecule has 0 amide bonds. The predicted molar refractivity (Wildman–Crippen MR) is 85.8 cm³/mol. The Labute approximate surface area is 138 Å². The van der Waals surface area contributed by atoms with Crippen molar-refractivity contribution in [3.8, 4) is 0 Å². The molecule has 1 aliphatic rings. The smallest absolute Gasteiger partial charge is 0.163 e. The van der Waals surface area contributed by atoms with Crippen LogP contribution in [0.15, 0.2) is 0 Å². The first-order valence-electron chi connectivity index (χ1n) is 8.46. The van der Waals surface area contributed by atoms with E-state index in [1.165, 1.54) is 0 Å². The molecule has 1 fully saturated rings. The van der Waals surface area contributed by atoms with E-state index in [0.29, 0.717) is 13.0 Å². The summed E-state index contributed by atoms with van der Waals surface area (Å²) in [6.07, 6.45) is -0.437. The van der Waals surface area contributed by atoms with E-state index in [0.717, 1.165) is 19.3 Å². The summed E-state index contributed by atoms with van der Waals surface area (Å²) < 4.78 is 11.1. The van der Waals surface area contributed by atoms with E-state index in [1.807, 2.05) is 20.8 Å². The molecule has 1 heterocycles. The Morgan fingerprint density at radius 2 is 1.78 bits per heavy atom. The van der Waals surface area contributed by atoms with E-state index < -0.39 is 24.6 Å². The van der Waals surface area contributed by atoms with Crippen LogP contribution in [0.3, 0.4) is 0 Å². The minimum absolute atomic E-state index is 0.269. The minimum Gasteiger partial charge on any atom is -0.394 e. The number of unbranched alkanes of at least 4 members (excludes halogenated alkanes) is 2. The van der Waals surface area contributed by atoms with Crippen LogP contribution in [0.4, 0.5) is 0 Å². The zero-order valence-corrected chi connectivity index (χ0v) is 14.7. The normalized spacial score (nSPS) is 32.0. The standard InChI is InChI=1S/C17H32O6/c1-11-14(20)15(21)12(10-18)23-16(11)22-9-7-5-6-8-13(19)17(2,3)4/h11-12,14-16,18,20-21H,5-10H2,1-4H3/t11?,12?,14-,15+,16-/m1/s1. The van der Waals surface area contributed by atoms with Crippen LogP contribution in [0.2, 0.25) is 0 Å². The molecule has 1 saturated heterocycles. The first-order chi connectivity index (χ1) is 10.7. The van der Waals surface area contributed by atoms with Crippen LogP contribution in [0.5, 0.6) is 0 Å². The van der Waals surface area contributed by atoms with Gasteiger partial charge >= 0.3 is 0 Å². The van der Waals surface area contributed by atoms with E-state index in [1.54, 1.807) is 6.92 Å². The zero-order chi connectivity index (χ0) is 17.6. The van der Waals surface area contributed by atoms with Crippen LogP contribution in [0.25, 0.3) is 0 Å². The van der Waals surface area contributed by atoms with Crippen molar-refractivity contribution in [3.63, 3.8) is 0 Å². The van der Waals surface area contributed by atoms with Gasteiger partial charge in [0.2, 0.25) is 0 Å². The van der Waals surface area contributed by atoms with Gasteiger partial charge in [-0.15, -0.1) is 0 Å². The Kier molecular flexibility index (Phi) is 8.10. The number of ketones is 1. The highest BCUT2D eigenvalue weighted by Gasteiger charge is 2.42. The van der Waals surface area contributed by atoms with Gasteiger partial charge in [0, 0.05) is 24.4 Å². The van der Waals surface area contributed by atoms with E-state index in [2.05, 4.69) is 0 Å². The van der Waals surface area contributed by atoms with Gasteiger partial charge in [-0.1, -0.05) is 34.1 Å². The van der Waals surface area contributed by atoms with Crippen molar-refractivity contribution in [1.29, 1.82) is 0 Å². The van der Waals surface area contributed by atoms with Crippen LogP contribution in [-0.2, 0) is 14.3 Å². The van der Waals surface area contributed by atoms with Crippen molar-refractivity contribution in [2.75, 3.05) is 13.2 Å². The highest BCUT2D eigenvalue weighted by Crippen LogP contribution is 2.27. The first kappa shape index (κ1) is 20.5. The third-order valence-electron chi connectivity index (χ3n) is 4.35. The summed E-state index contributed by atoms with van der Waals surface area (Å²) >= 11 is 0. The molecule has 0 saturated carbocycles. The summed E-state index contributed by atoms with van der Waals surface area (Å²) in [5.41, 5.74) is -0.280. The lowest BCUT2D eigenvalue weighted by Crippen LogP contribution is -2.55. The Hall–Kier alpha value is -0.530. The molecule has 0 spiro atoms. The molecular formula is C17H32O6. The molecule has 0 aromatic heterocycles. The number of hydrogen-bond donors (Lipinski definition) is 3. The molecule has 0 aromatic rings. The molecule has 0 bridgehead atoms. The molecule has 5 atom stereocenters. The van der Waals surface area contributed by atoms with Crippen molar-refractivity contribution in [2.24, 2.45) is 11.3 Å². The largest absolute Gasteiger partial charge is 0.394 e. The maximum atomic E-state index is 11.8. The maximum absolute atomic E-state index is 11.8. The Morgan fingerprint density at radius 3 is 2.35 bits per heavy atom. The summed E-state index contributed by atoms with van der Waals surface area (Å²) in [4.78, 5) is 11.8. The van der Waals surface area contributed by atoms with Gasteiger partial charge in [-0.3, -0.25) is 4.79 Å². The highest BCUT2D eigenvalue weighted by molar-refractivity contribution is 5.83. The van der Waals surface area contributed by atoms with E-state index >= 15 is 0 Å². The molecule has 0 radical (unpaired) electrons. The molecule has 6 nitrogen and oxygen atoms in total. The number of carbonyl (C=O) groups is 1. The van der Waals surface area contributed by atoms with Gasteiger partial charge in [-0.2, -0.15) is 0 Å². The van der Waals surface area contributed by atoms with Crippen LogP contribution >= 0.6 is 0 Å². The molecule has 2 unspecified atom stereocenters. The zero-order valence-electron chi connectivity index (χ0n) is 14.7. The fourth-order valence-corrected chi connectivity index (χ4v) is 2.55. The van der Waals surface area contributed by atoms with Crippen molar-refractivity contribution in [2.45, 2.75) is 78.0 Å². The number of ether oxygens (including phenoxy) is 2. The Balaban J connectivity index is 2.24. The summed E-state index contributed by atoms with van der Waals surface area (Å²) in [5.74, 6) is -0.0965. The molecule has 6 heteroatoms. The molecule has 3 N–H and O–H groups in total. The third-order valence-corrected chi connectivity index (χ3v) is 4.35. The van der Waals surface area contributed by atoms with E-state index in [4.69, 9.17) is 14.6 Å². The fraction of sp³-hybridized carbons (Fsp3) is 0.941. The summed E-state index contributed by atoms with van der Waals surface area (Å²) in [6, 6.07) is 0. The molecule has 1 aliphatic heterocycles. The van der Waals surface area contributed by atoms with Crippen LogP contribution < -0.4 is 0 Å². The third kappa shape index (κ3) is 6.12. The van der Waals surface area contributed by atoms with Crippen molar-refractivity contribution in [1.82, 2.24) is 0 Å². The predicted octanol–water partition coefficient (Wildman–Crippen LogP) is 1.25. The summed E-state index contributed by atoms with van der Waals surface area (Å²) in [6.45, 7) is 7.63. The van der Waals surface area contributed by atoms with Gasteiger partial charge in [0.05, 0.1) is 12.7 Å². The number of rotatable bonds is 8. The second-order valence-electron chi connectivity index (χ2n) is 7.42. The fourth-order valence-electron chi connectivity index (χ4n) is 2.55. The average Bonchev–Trinajstić information content (AvgIpc) is 2.49. The second-order valence-corrected chi connectivity index (χ2v) is 7.42. The summed E-state index contributed by atoms with van der Waals surface area (Å²) in [5, 5.41) is 28.9. The molecule has 23 heavy (non-hydrogen) atoms. The van der Waals surface area contributed by atoms with E-state index in [-0.39, 0.29) is 23.7 Å². The van der Waals surface area contributed by atoms with Crippen LogP contribution in [0, 0.1) is 11.3 Å². The average molecular weight is 332 g/mol. The lowest BCUT2D eigenvalue weighted by molar-refractivity contribution is -0.282. The highest BCUT2D eigenvalue weighted by atomic mass is 16.7. The van der Waals surface area contributed by atoms with Crippen molar-refractivity contribution >= 4 is 5.78 Å². The lowest BCUT2D eigenvalue weighted by atomic mass is 9.88. The number of aliphatic hydroxyl groups is 3. The first-order valence-corrected chi connectivity index (χ1v) is 8.46. The SMILES string of the molecule is CC1[C@H](OCCCCCC(=O)C(C)(C)C)OC(CO)[C@H](O)[C@@H]1O. The van der Waals surface area contributed by atoms with Crippen molar-refractivity contribution in [3.05, 3.63) is 0 Å². The Morgan fingerprint density at radius 1 is 1.13 bits per heavy atom.